The van der Waals surface area contributed by atoms with E-state index in [1.807, 2.05) is 38.9 Å². The molecule has 0 radical (unpaired) electrons. The number of nitrogens with zero attached hydrogens (tertiary/aromatic N) is 3. The number of aromatic carboxylic acids is 1. The lowest BCUT2D eigenvalue weighted by Gasteiger charge is -2.31. The average Bonchev–Trinajstić information content (AvgIpc) is 2.74. The number of likely N-dealkylation sites (N-methyl/N-ethyl adjacent to an activating group) is 1. The van der Waals surface area contributed by atoms with Crippen molar-refractivity contribution in [3.05, 3.63) is 30.1 Å². The minimum Gasteiger partial charge on any atom is -0.476 e. The van der Waals surface area contributed by atoms with Crippen LogP contribution in [0.4, 0.5) is 0 Å². The minimum absolute atomic E-state index is 0.0511. The molecule has 0 bridgehead atoms. The van der Waals surface area contributed by atoms with Gasteiger partial charge in [0.1, 0.15) is 12.3 Å². The molecule has 0 aliphatic carbocycles. The Kier molecular flexibility index (Phi) is 3.67. The number of rotatable bonds is 5. The Bertz CT molecular complexity index is 632. The molecule has 0 amide bonds. The van der Waals surface area contributed by atoms with Gasteiger partial charge < -0.3 is 14.7 Å². The summed E-state index contributed by atoms with van der Waals surface area (Å²) in [4.78, 5) is 17.7. The first-order valence-corrected chi connectivity index (χ1v) is 6.33. The van der Waals surface area contributed by atoms with Crippen molar-refractivity contribution in [2.45, 2.75) is 19.4 Å². The van der Waals surface area contributed by atoms with Crippen LogP contribution in [0, 0.1) is 0 Å². The van der Waals surface area contributed by atoms with E-state index in [0.29, 0.717) is 12.3 Å². The second-order valence-corrected chi connectivity index (χ2v) is 5.50. The highest BCUT2D eigenvalue weighted by atomic mass is 16.5. The molecular weight excluding hydrogens is 258 g/mol. The number of pyridine rings is 1. The first-order chi connectivity index (χ1) is 9.33. The lowest BCUT2D eigenvalue weighted by molar-refractivity contribution is 0.0675. The number of hydrogen-bond acceptors (Lipinski definition) is 4. The largest absolute Gasteiger partial charge is 0.476 e. The Morgan fingerprint density at radius 2 is 2.15 bits per heavy atom. The Morgan fingerprint density at radius 3 is 2.75 bits per heavy atom. The molecule has 2 rings (SSSR count). The second kappa shape index (κ2) is 5.13. The molecule has 0 saturated carbocycles. The van der Waals surface area contributed by atoms with Gasteiger partial charge >= 0.3 is 5.97 Å². The summed E-state index contributed by atoms with van der Waals surface area (Å²) in [6.07, 6.45) is 1.66. The van der Waals surface area contributed by atoms with Crippen LogP contribution in [0.3, 0.4) is 0 Å². The third kappa shape index (κ3) is 2.60. The molecule has 0 aliphatic heterocycles. The summed E-state index contributed by atoms with van der Waals surface area (Å²) < 4.78 is 7.17. The Morgan fingerprint density at radius 1 is 1.45 bits per heavy atom. The predicted octanol–water partition coefficient (Wildman–Crippen LogP) is 1.75. The SMILES string of the molecule is CN(C)C(C)(C)COc1nc2ccccn2c1C(=O)O. The summed E-state index contributed by atoms with van der Waals surface area (Å²) in [5.74, 6) is -0.903. The van der Waals surface area contributed by atoms with Gasteiger partial charge in [-0.3, -0.25) is 4.40 Å². The van der Waals surface area contributed by atoms with Crippen molar-refractivity contribution in [1.82, 2.24) is 14.3 Å². The minimum atomic E-state index is -1.05. The molecule has 0 spiro atoms. The monoisotopic (exact) mass is 277 g/mol. The fourth-order valence-electron chi connectivity index (χ4n) is 1.64. The summed E-state index contributed by atoms with van der Waals surface area (Å²) in [7, 11) is 3.90. The van der Waals surface area contributed by atoms with Gasteiger partial charge in [-0.15, -0.1) is 0 Å². The Balaban J connectivity index is 2.35. The molecule has 2 aromatic rings. The number of hydrogen-bond donors (Lipinski definition) is 1. The lowest BCUT2D eigenvalue weighted by Crippen LogP contribution is -2.43. The zero-order valence-electron chi connectivity index (χ0n) is 12.1. The zero-order valence-corrected chi connectivity index (χ0v) is 12.1. The van der Waals surface area contributed by atoms with Crippen molar-refractivity contribution in [1.29, 1.82) is 0 Å². The van der Waals surface area contributed by atoms with Gasteiger partial charge in [0, 0.05) is 11.7 Å². The van der Waals surface area contributed by atoms with E-state index in [0.717, 1.165) is 0 Å². The van der Waals surface area contributed by atoms with Crippen molar-refractivity contribution in [3.8, 4) is 5.88 Å². The van der Waals surface area contributed by atoms with Crippen molar-refractivity contribution in [2.75, 3.05) is 20.7 Å². The van der Waals surface area contributed by atoms with Crippen LogP contribution in [-0.4, -0.2) is 51.6 Å². The van der Waals surface area contributed by atoms with Gasteiger partial charge in [-0.1, -0.05) is 6.07 Å². The van der Waals surface area contributed by atoms with E-state index in [-0.39, 0.29) is 17.1 Å². The second-order valence-electron chi connectivity index (χ2n) is 5.50. The maximum atomic E-state index is 11.4. The highest BCUT2D eigenvalue weighted by Gasteiger charge is 2.25. The van der Waals surface area contributed by atoms with Crippen molar-refractivity contribution >= 4 is 11.6 Å². The van der Waals surface area contributed by atoms with E-state index >= 15 is 0 Å². The smallest absolute Gasteiger partial charge is 0.358 e. The highest BCUT2D eigenvalue weighted by molar-refractivity contribution is 5.89. The van der Waals surface area contributed by atoms with Crippen LogP contribution in [0.5, 0.6) is 5.88 Å². The molecule has 6 heteroatoms. The number of fused-ring (bicyclic) bond motifs is 1. The highest BCUT2D eigenvalue weighted by Crippen LogP contribution is 2.22. The fraction of sp³-hybridized carbons (Fsp3) is 0.429. The standard InChI is InChI=1S/C14H19N3O3/c1-14(2,16(3)4)9-20-12-11(13(18)19)17-8-6-5-7-10(17)15-12/h5-8H,9H2,1-4H3,(H,18,19). The van der Waals surface area contributed by atoms with Gasteiger partial charge in [0.05, 0.1) is 0 Å². The summed E-state index contributed by atoms with van der Waals surface area (Å²) in [5.41, 5.74) is 0.392. The van der Waals surface area contributed by atoms with Gasteiger partial charge in [-0.25, -0.2) is 4.79 Å². The predicted molar refractivity (Wildman–Crippen MR) is 75.4 cm³/mol. The molecule has 0 atom stereocenters. The molecule has 0 saturated heterocycles. The van der Waals surface area contributed by atoms with Crippen LogP contribution in [0.1, 0.15) is 24.3 Å². The molecule has 108 valence electrons. The Hall–Kier alpha value is -2.08. The van der Waals surface area contributed by atoms with Crippen LogP contribution in [0.2, 0.25) is 0 Å². The molecule has 2 aromatic heterocycles. The van der Waals surface area contributed by atoms with Crippen LogP contribution >= 0.6 is 0 Å². The van der Waals surface area contributed by atoms with Gasteiger partial charge in [0.15, 0.2) is 5.69 Å². The van der Waals surface area contributed by atoms with E-state index in [4.69, 9.17) is 4.74 Å². The van der Waals surface area contributed by atoms with E-state index < -0.39 is 5.97 Å². The first-order valence-electron chi connectivity index (χ1n) is 6.33. The first kappa shape index (κ1) is 14.3. The average molecular weight is 277 g/mol. The number of carbonyl (C=O) groups is 1. The van der Waals surface area contributed by atoms with Crippen molar-refractivity contribution < 1.29 is 14.6 Å². The number of carboxylic acids is 1. The molecule has 0 unspecified atom stereocenters. The van der Waals surface area contributed by atoms with Crippen molar-refractivity contribution in [2.24, 2.45) is 0 Å². The number of imidazole rings is 1. The normalized spacial score (nSPS) is 12.1. The molecule has 0 aromatic carbocycles. The van der Waals surface area contributed by atoms with E-state index in [9.17, 15) is 9.90 Å². The van der Waals surface area contributed by atoms with E-state index in [1.165, 1.54) is 4.40 Å². The maximum Gasteiger partial charge on any atom is 0.358 e. The van der Waals surface area contributed by atoms with Crippen molar-refractivity contribution in [3.63, 3.8) is 0 Å². The number of ether oxygens (including phenoxy) is 1. The molecule has 2 heterocycles. The Labute approximate surface area is 117 Å². The van der Waals surface area contributed by atoms with Crippen LogP contribution in [0.25, 0.3) is 5.65 Å². The molecular formula is C14H19N3O3. The van der Waals surface area contributed by atoms with Crippen LogP contribution < -0.4 is 4.74 Å². The third-order valence-corrected chi connectivity index (χ3v) is 3.47. The quantitative estimate of drug-likeness (QED) is 0.902. The molecule has 0 fully saturated rings. The van der Waals surface area contributed by atoms with Gasteiger partial charge in [0.2, 0.25) is 5.88 Å². The molecule has 1 N–H and O–H groups in total. The van der Waals surface area contributed by atoms with Gasteiger partial charge in [-0.05, 0) is 40.1 Å². The third-order valence-electron chi connectivity index (χ3n) is 3.47. The summed E-state index contributed by atoms with van der Waals surface area (Å²) >= 11 is 0. The molecule has 6 nitrogen and oxygen atoms in total. The van der Waals surface area contributed by atoms with Crippen LogP contribution in [-0.2, 0) is 0 Å². The maximum absolute atomic E-state index is 11.4. The lowest BCUT2D eigenvalue weighted by atomic mass is 10.1. The summed E-state index contributed by atoms with van der Waals surface area (Å²) in [6.45, 7) is 4.39. The van der Waals surface area contributed by atoms with Gasteiger partial charge in [-0.2, -0.15) is 4.98 Å². The zero-order chi connectivity index (χ0) is 14.9. The van der Waals surface area contributed by atoms with E-state index in [2.05, 4.69) is 4.98 Å². The number of carboxylic acid groups (broad SMARTS) is 1. The van der Waals surface area contributed by atoms with E-state index in [1.54, 1.807) is 18.3 Å². The molecule has 20 heavy (non-hydrogen) atoms. The summed E-state index contributed by atoms with van der Waals surface area (Å²) in [6, 6.07) is 5.31. The van der Waals surface area contributed by atoms with Gasteiger partial charge in [0.25, 0.3) is 0 Å². The fourth-order valence-corrected chi connectivity index (χ4v) is 1.64. The molecule has 0 aliphatic rings. The summed E-state index contributed by atoms with van der Waals surface area (Å²) in [5, 5.41) is 9.34. The van der Waals surface area contributed by atoms with Crippen LogP contribution in [0.15, 0.2) is 24.4 Å². The topological polar surface area (TPSA) is 67.1 Å². The number of aromatic nitrogens is 2.